The molecule has 0 spiro atoms. The number of carbonyl (C=O) groups is 1. The third kappa shape index (κ3) is 4.15. The van der Waals surface area contributed by atoms with Crippen molar-refractivity contribution in [3.63, 3.8) is 0 Å². The smallest absolute Gasteiger partial charge is 0.267 e. The van der Waals surface area contributed by atoms with Gasteiger partial charge in [-0.15, -0.1) is 0 Å². The van der Waals surface area contributed by atoms with Crippen molar-refractivity contribution in [3.8, 4) is 0 Å². The Morgan fingerprint density at radius 3 is 2.59 bits per heavy atom. The van der Waals surface area contributed by atoms with Gasteiger partial charge in [-0.1, -0.05) is 60.4 Å². The minimum atomic E-state index is -0.212. The molecule has 0 aliphatic carbocycles. The largest absolute Gasteiger partial charge is 0.378 e. The quantitative estimate of drug-likeness (QED) is 0.405. The number of aryl methyl sites for hydroxylation is 1. The Labute approximate surface area is 207 Å². The maximum absolute atomic E-state index is 13.6. The minimum Gasteiger partial charge on any atom is -0.378 e. The van der Waals surface area contributed by atoms with E-state index in [-0.39, 0.29) is 17.5 Å². The zero-order valence-corrected chi connectivity index (χ0v) is 20.6. The summed E-state index contributed by atoms with van der Waals surface area (Å²) in [6.07, 6.45) is 3.43. The maximum atomic E-state index is 13.6. The lowest BCUT2D eigenvalue weighted by Crippen LogP contribution is -2.38. The van der Waals surface area contributed by atoms with Gasteiger partial charge in [0.15, 0.2) is 0 Å². The fraction of sp³-hybridized carbons (Fsp3) is 0.280. The Kier molecular flexibility index (Phi) is 6.24. The number of hydrogen-bond acceptors (Lipinski definition) is 7. The number of thioether (sulfide) groups is 1. The molecule has 1 amide bonds. The van der Waals surface area contributed by atoms with E-state index >= 15 is 0 Å². The molecular weight excluding hydrogens is 468 g/mol. The molecule has 2 saturated heterocycles. The highest BCUT2D eigenvalue weighted by atomic mass is 32.2. The number of rotatable bonds is 4. The zero-order chi connectivity index (χ0) is 23.8. The van der Waals surface area contributed by atoms with Crippen LogP contribution in [0.15, 0.2) is 58.4 Å². The number of carbonyl (C=O) groups excluding carboxylic acids is 1. The SMILES string of the molecule is Cc1ccc2nc(N3CCOCC3)c(/C=C3/SC(=S)N([C@H](C)c4ccccc4)C3=O)c(=O)n2c1. The molecule has 2 aliphatic rings. The van der Waals surface area contributed by atoms with Crippen molar-refractivity contribution >= 4 is 51.7 Å². The normalized spacial score (nSPS) is 18.8. The van der Waals surface area contributed by atoms with Crippen LogP contribution in [0.3, 0.4) is 0 Å². The monoisotopic (exact) mass is 492 g/mol. The van der Waals surface area contributed by atoms with Crippen LogP contribution in [0.25, 0.3) is 11.7 Å². The van der Waals surface area contributed by atoms with Crippen LogP contribution in [0.1, 0.15) is 29.7 Å². The van der Waals surface area contributed by atoms with Gasteiger partial charge in [0.1, 0.15) is 15.8 Å². The van der Waals surface area contributed by atoms with Gasteiger partial charge in [0.25, 0.3) is 11.5 Å². The first-order valence-corrected chi connectivity index (χ1v) is 12.3. The summed E-state index contributed by atoms with van der Waals surface area (Å²) in [6.45, 7) is 6.26. The van der Waals surface area contributed by atoms with E-state index in [4.69, 9.17) is 21.9 Å². The van der Waals surface area contributed by atoms with E-state index in [0.29, 0.717) is 52.6 Å². The average molecular weight is 493 g/mol. The Hall–Kier alpha value is -3.01. The van der Waals surface area contributed by atoms with E-state index in [1.165, 1.54) is 11.8 Å². The van der Waals surface area contributed by atoms with Crippen molar-refractivity contribution in [1.82, 2.24) is 14.3 Å². The van der Waals surface area contributed by atoms with Crippen LogP contribution in [0.5, 0.6) is 0 Å². The number of benzene rings is 1. The molecule has 2 fully saturated rings. The highest BCUT2D eigenvalue weighted by molar-refractivity contribution is 8.26. The van der Waals surface area contributed by atoms with Gasteiger partial charge < -0.3 is 9.64 Å². The molecule has 2 aromatic heterocycles. The average Bonchev–Trinajstić information content (AvgIpc) is 3.14. The summed E-state index contributed by atoms with van der Waals surface area (Å²) >= 11 is 6.80. The van der Waals surface area contributed by atoms with Crippen molar-refractivity contribution in [1.29, 1.82) is 0 Å². The molecule has 34 heavy (non-hydrogen) atoms. The van der Waals surface area contributed by atoms with Gasteiger partial charge >= 0.3 is 0 Å². The second kappa shape index (κ2) is 9.32. The minimum absolute atomic E-state index is 0.201. The highest BCUT2D eigenvalue weighted by Gasteiger charge is 2.36. The van der Waals surface area contributed by atoms with Crippen LogP contribution in [-0.2, 0) is 9.53 Å². The molecule has 0 saturated carbocycles. The van der Waals surface area contributed by atoms with Crippen molar-refractivity contribution in [2.24, 2.45) is 0 Å². The fourth-order valence-electron chi connectivity index (χ4n) is 4.21. The lowest BCUT2D eigenvalue weighted by atomic mass is 10.1. The van der Waals surface area contributed by atoms with Gasteiger partial charge in [-0.3, -0.25) is 18.9 Å². The van der Waals surface area contributed by atoms with Gasteiger partial charge in [0.05, 0.1) is 29.7 Å². The molecule has 0 N–H and O–H groups in total. The molecule has 0 bridgehead atoms. The Balaban J connectivity index is 1.60. The highest BCUT2D eigenvalue weighted by Crippen LogP contribution is 2.38. The van der Waals surface area contributed by atoms with E-state index in [2.05, 4.69) is 0 Å². The summed E-state index contributed by atoms with van der Waals surface area (Å²) in [4.78, 5) is 35.9. The Bertz CT molecular complexity index is 1360. The molecule has 1 aromatic carbocycles. The molecule has 7 nitrogen and oxygen atoms in total. The maximum Gasteiger partial charge on any atom is 0.267 e. The Morgan fingerprint density at radius 1 is 1.12 bits per heavy atom. The summed E-state index contributed by atoms with van der Waals surface area (Å²) in [6, 6.07) is 13.3. The number of morpholine rings is 1. The molecule has 5 rings (SSSR count). The number of aromatic nitrogens is 2. The molecule has 1 atom stereocenters. The third-order valence-corrected chi connectivity index (χ3v) is 7.39. The summed E-state index contributed by atoms with van der Waals surface area (Å²) in [5.41, 5.74) is 2.69. The number of ether oxygens (including phenoxy) is 1. The lowest BCUT2D eigenvalue weighted by molar-refractivity contribution is -0.123. The lowest BCUT2D eigenvalue weighted by Gasteiger charge is -2.29. The van der Waals surface area contributed by atoms with Crippen LogP contribution in [0.2, 0.25) is 0 Å². The number of fused-ring (bicyclic) bond motifs is 1. The van der Waals surface area contributed by atoms with E-state index in [0.717, 1.165) is 11.1 Å². The molecule has 3 aromatic rings. The van der Waals surface area contributed by atoms with Crippen molar-refractivity contribution in [2.75, 3.05) is 31.2 Å². The molecule has 0 unspecified atom stereocenters. The van der Waals surface area contributed by atoms with Crippen LogP contribution >= 0.6 is 24.0 Å². The predicted octanol–water partition coefficient (Wildman–Crippen LogP) is 3.80. The van der Waals surface area contributed by atoms with Gasteiger partial charge in [0, 0.05) is 19.3 Å². The second-order valence-corrected chi connectivity index (χ2v) is 10.0. The topological polar surface area (TPSA) is 67.2 Å². The molecule has 174 valence electrons. The summed E-state index contributed by atoms with van der Waals surface area (Å²) < 4.78 is 7.51. The first-order valence-electron chi connectivity index (χ1n) is 11.1. The van der Waals surface area contributed by atoms with E-state index in [1.54, 1.807) is 21.6 Å². The van der Waals surface area contributed by atoms with Crippen LogP contribution in [0.4, 0.5) is 5.82 Å². The summed E-state index contributed by atoms with van der Waals surface area (Å²) in [5.74, 6) is 0.367. The van der Waals surface area contributed by atoms with E-state index < -0.39 is 0 Å². The molecule has 0 radical (unpaired) electrons. The molecule has 9 heteroatoms. The zero-order valence-electron chi connectivity index (χ0n) is 18.9. The first-order chi connectivity index (χ1) is 16.4. The number of amides is 1. The summed E-state index contributed by atoms with van der Waals surface area (Å²) in [5, 5.41) is 0. The van der Waals surface area contributed by atoms with Gasteiger partial charge in [0.2, 0.25) is 0 Å². The van der Waals surface area contributed by atoms with E-state index in [9.17, 15) is 9.59 Å². The van der Waals surface area contributed by atoms with Crippen molar-refractivity contribution in [3.05, 3.63) is 80.6 Å². The van der Waals surface area contributed by atoms with Gasteiger partial charge in [-0.05, 0) is 37.1 Å². The fourth-order valence-corrected chi connectivity index (χ4v) is 5.62. The van der Waals surface area contributed by atoms with Crippen LogP contribution in [-0.4, -0.2) is 50.8 Å². The van der Waals surface area contributed by atoms with Crippen molar-refractivity contribution < 1.29 is 9.53 Å². The number of pyridine rings is 1. The standard InChI is InChI=1S/C25H24N4O3S2/c1-16-8-9-21-26-22(27-10-12-32-13-11-27)19(23(30)28(21)15-16)14-20-24(31)29(25(33)34-20)17(2)18-6-4-3-5-7-18/h3-9,14-15,17H,10-13H2,1-2H3/b20-14+/t17-/m1/s1. The first kappa shape index (κ1) is 22.8. The van der Waals surface area contributed by atoms with Crippen LogP contribution < -0.4 is 10.5 Å². The third-order valence-electron chi connectivity index (χ3n) is 6.06. The van der Waals surface area contributed by atoms with Crippen LogP contribution in [0, 0.1) is 6.92 Å². The van der Waals surface area contributed by atoms with Gasteiger partial charge in [-0.25, -0.2) is 4.98 Å². The predicted molar refractivity (Wildman–Crippen MR) is 139 cm³/mol. The second-order valence-electron chi connectivity index (χ2n) is 8.33. The Morgan fingerprint density at radius 2 is 1.85 bits per heavy atom. The summed E-state index contributed by atoms with van der Waals surface area (Å²) in [7, 11) is 0. The van der Waals surface area contributed by atoms with Crippen molar-refractivity contribution in [2.45, 2.75) is 19.9 Å². The molecule has 2 aliphatic heterocycles. The molecule has 4 heterocycles. The molecular formula is C25H24N4O3S2. The van der Waals surface area contributed by atoms with Gasteiger partial charge in [-0.2, -0.15) is 0 Å². The van der Waals surface area contributed by atoms with E-state index in [1.807, 2.05) is 61.2 Å². The number of nitrogens with zero attached hydrogens (tertiary/aromatic N) is 4. The number of thiocarbonyl (C=S) groups is 1. The number of hydrogen-bond donors (Lipinski definition) is 0. The number of anilines is 1.